The molecule has 1 aliphatic carbocycles. The zero-order chi connectivity index (χ0) is 19.5. The first-order chi connectivity index (χ1) is 12.4. The zero-order valence-electron chi connectivity index (χ0n) is 15.8. The van der Waals surface area contributed by atoms with E-state index in [1.165, 1.54) is 6.08 Å². The van der Waals surface area contributed by atoms with Crippen LogP contribution in [0.4, 0.5) is 4.39 Å². The van der Waals surface area contributed by atoms with Gasteiger partial charge in [0.15, 0.2) is 12.0 Å². The second-order valence-corrected chi connectivity index (χ2v) is 7.20. The highest BCUT2D eigenvalue weighted by atomic mass is 19.1. The van der Waals surface area contributed by atoms with Crippen molar-refractivity contribution < 1.29 is 23.9 Å². The minimum Gasteiger partial charge on any atom is -0.481 e. The van der Waals surface area contributed by atoms with Crippen LogP contribution in [0.15, 0.2) is 24.3 Å². The molecular weight excluding hydrogens is 335 g/mol. The molecule has 0 heterocycles. The highest BCUT2D eigenvalue weighted by molar-refractivity contribution is 5.93. The standard InChI is InChI=1S/C21H31FO4/c1-3-4-10-18(22)19(23)13-12-16-15(2)14-20(24)17(16)9-7-5-6-8-11-21(25)26/h5,7,12-13,15-18H,3-4,6,8-11,14H2,1-2H3,(H,25,26)/b7-5-,13-12+/t15-,16+,17-,18+/m1/s1. The van der Waals surface area contributed by atoms with Crippen LogP contribution in [0.2, 0.25) is 0 Å². The van der Waals surface area contributed by atoms with E-state index in [9.17, 15) is 18.8 Å². The molecule has 4 atom stereocenters. The number of carbonyl (C=O) groups excluding carboxylic acids is 2. The van der Waals surface area contributed by atoms with Crippen molar-refractivity contribution in [2.45, 2.75) is 71.4 Å². The molecule has 1 rings (SSSR count). The molecule has 4 nitrogen and oxygen atoms in total. The van der Waals surface area contributed by atoms with Crippen LogP contribution in [0.1, 0.15) is 65.2 Å². The lowest BCUT2D eigenvalue weighted by Crippen LogP contribution is -2.17. The summed E-state index contributed by atoms with van der Waals surface area (Å²) < 4.78 is 13.8. The van der Waals surface area contributed by atoms with Gasteiger partial charge in [-0.3, -0.25) is 14.4 Å². The van der Waals surface area contributed by atoms with Crippen molar-refractivity contribution in [3.05, 3.63) is 24.3 Å². The predicted molar refractivity (Wildman–Crippen MR) is 99.6 cm³/mol. The number of ketones is 2. The number of alkyl halides is 1. The second-order valence-electron chi connectivity index (χ2n) is 7.20. The number of hydrogen-bond donors (Lipinski definition) is 1. The summed E-state index contributed by atoms with van der Waals surface area (Å²) >= 11 is 0. The monoisotopic (exact) mass is 366 g/mol. The van der Waals surface area contributed by atoms with Gasteiger partial charge >= 0.3 is 5.97 Å². The molecule has 0 aromatic rings. The molecule has 0 unspecified atom stereocenters. The Kier molecular flexibility index (Phi) is 10.1. The van der Waals surface area contributed by atoms with E-state index in [2.05, 4.69) is 0 Å². The number of allylic oxidation sites excluding steroid dienone is 4. The number of aliphatic carboxylic acids is 1. The maximum Gasteiger partial charge on any atom is 0.303 e. The Morgan fingerprint density at radius 1 is 1.31 bits per heavy atom. The van der Waals surface area contributed by atoms with Gasteiger partial charge in [-0.15, -0.1) is 0 Å². The fraction of sp³-hybridized carbons (Fsp3) is 0.667. The van der Waals surface area contributed by atoms with E-state index in [0.29, 0.717) is 32.1 Å². The van der Waals surface area contributed by atoms with Crippen molar-refractivity contribution in [2.24, 2.45) is 17.8 Å². The Hall–Kier alpha value is -1.78. The van der Waals surface area contributed by atoms with Gasteiger partial charge in [-0.05, 0) is 43.6 Å². The molecule has 1 fully saturated rings. The Labute approximate surface area is 155 Å². The summed E-state index contributed by atoms with van der Waals surface area (Å²) in [6.45, 7) is 3.94. The maximum absolute atomic E-state index is 13.8. The summed E-state index contributed by atoms with van der Waals surface area (Å²) in [5.74, 6) is -1.22. The fourth-order valence-electron chi connectivity index (χ4n) is 3.40. The van der Waals surface area contributed by atoms with Crippen LogP contribution in [0.5, 0.6) is 0 Å². The van der Waals surface area contributed by atoms with E-state index in [0.717, 1.165) is 6.42 Å². The first kappa shape index (κ1) is 22.3. The molecule has 26 heavy (non-hydrogen) atoms. The topological polar surface area (TPSA) is 71.4 Å². The molecular formula is C21H31FO4. The van der Waals surface area contributed by atoms with Gasteiger partial charge in [-0.1, -0.05) is 44.9 Å². The summed E-state index contributed by atoms with van der Waals surface area (Å²) in [4.78, 5) is 34.6. The molecule has 0 bridgehead atoms. The molecule has 1 saturated carbocycles. The van der Waals surface area contributed by atoms with Crippen molar-refractivity contribution in [3.63, 3.8) is 0 Å². The highest BCUT2D eigenvalue weighted by Gasteiger charge is 2.37. The third-order valence-electron chi connectivity index (χ3n) is 4.98. The van der Waals surface area contributed by atoms with Crippen molar-refractivity contribution in [2.75, 3.05) is 0 Å². The molecule has 1 aliphatic rings. The lowest BCUT2D eigenvalue weighted by atomic mass is 9.87. The van der Waals surface area contributed by atoms with Gasteiger partial charge in [0, 0.05) is 18.8 Å². The SMILES string of the molecule is CCCC[C@H](F)C(=O)/C=C/[C@H]1[C@H](C)CC(=O)[C@@H]1C/C=C\CCCC(=O)O. The molecule has 5 heteroatoms. The number of hydrogen-bond acceptors (Lipinski definition) is 3. The second kappa shape index (κ2) is 11.8. The molecule has 0 saturated heterocycles. The van der Waals surface area contributed by atoms with E-state index < -0.39 is 17.9 Å². The van der Waals surface area contributed by atoms with E-state index >= 15 is 0 Å². The van der Waals surface area contributed by atoms with Gasteiger partial charge in [0.2, 0.25) is 0 Å². The van der Waals surface area contributed by atoms with Crippen molar-refractivity contribution in [1.82, 2.24) is 0 Å². The number of unbranched alkanes of at least 4 members (excludes halogenated alkanes) is 2. The van der Waals surface area contributed by atoms with Crippen molar-refractivity contribution in [3.8, 4) is 0 Å². The van der Waals surface area contributed by atoms with Crippen LogP contribution >= 0.6 is 0 Å². The normalized spacial score (nSPS) is 24.6. The van der Waals surface area contributed by atoms with Crippen LogP contribution < -0.4 is 0 Å². The minimum atomic E-state index is -1.45. The van der Waals surface area contributed by atoms with Gasteiger partial charge in [0.25, 0.3) is 0 Å². The number of carbonyl (C=O) groups is 3. The Morgan fingerprint density at radius 2 is 2.04 bits per heavy atom. The van der Waals surface area contributed by atoms with Gasteiger partial charge in [0.1, 0.15) is 5.78 Å². The molecule has 146 valence electrons. The largest absolute Gasteiger partial charge is 0.481 e. The van der Waals surface area contributed by atoms with Crippen LogP contribution in [-0.4, -0.2) is 28.8 Å². The van der Waals surface area contributed by atoms with Gasteiger partial charge in [-0.25, -0.2) is 4.39 Å². The maximum atomic E-state index is 13.8. The Bertz CT molecular complexity index is 538. The summed E-state index contributed by atoms with van der Waals surface area (Å²) in [6, 6.07) is 0. The first-order valence-electron chi connectivity index (χ1n) is 9.62. The first-order valence-corrected chi connectivity index (χ1v) is 9.62. The highest BCUT2D eigenvalue weighted by Crippen LogP contribution is 2.37. The summed E-state index contributed by atoms with van der Waals surface area (Å²) in [5, 5.41) is 8.60. The number of halogens is 1. The van der Waals surface area contributed by atoms with Gasteiger partial charge < -0.3 is 5.11 Å². The molecule has 0 spiro atoms. The van der Waals surface area contributed by atoms with Gasteiger partial charge in [-0.2, -0.15) is 0 Å². The van der Waals surface area contributed by atoms with Crippen LogP contribution in [-0.2, 0) is 14.4 Å². The quantitative estimate of drug-likeness (QED) is 0.309. The van der Waals surface area contributed by atoms with Crippen LogP contribution in [0.25, 0.3) is 0 Å². The van der Waals surface area contributed by atoms with E-state index in [1.807, 2.05) is 26.0 Å². The van der Waals surface area contributed by atoms with Crippen molar-refractivity contribution >= 4 is 17.5 Å². The number of carboxylic acids is 1. The van der Waals surface area contributed by atoms with E-state index in [-0.39, 0.29) is 36.4 Å². The molecule has 0 radical (unpaired) electrons. The average molecular weight is 366 g/mol. The number of rotatable bonds is 12. The lowest BCUT2D eigenvalue weighted by Gasteiger charge is -2.16. The average Bonchev–Trinajstić information content (AvgIpc) is 2.86. The Morgan fingerprint density at radius 3 is 2.69 bits per heavy atom. The zero-order valence-corrected chi connectivity index (χ0v) is 15.8. The Balaban J connectivity index is 2.57. The third kappa shape index (κ3) is 7.63. The molecule has 0 aromatic carbocycles. The number of Topliss-reactive ketones (excluding diaryl/α,β-unsaturated/α-hetero) is 1. The van der Waals surface area contributed by atoms with Crippen molar-refractivity contribution in [1.29, 1.82) is 0 Å². The summed E-state index contributed by atoms with van der Waals surface area (Å²) in [6.07, 6.45) is 9.66. The predicted octanol–water partition coefficient (Wildman–Crippen LogP) is 4.68. The number of carboxylic acid groups (broad SMARTS) is 1. The lowest BCUT2D eigenvalue weighted by molar-refractivity contribution is -0.137. The molecule has 0 aliphatic heterocycles. The summed E-state index contributed by atoms with van der Waals surface area (Å²) in [5.41, 5.74) is 0. The molecule has 0 amide bonds. The van der Waals surface area contributed by atoms with E-state index in [1.54, 1.807) is 6.08 Å². The summed E-state index contributed by atoms with van der Waals surface area (Å²) in [7, 11) is 0. The molecule has 0 aromatic heterocycles. The van der Waals surface area contributed by atoms with E-state index in [4.69, 9.17) is 5.11 Å². The molecule has 1 N–H and O–H groups in total. The third-order valence-corrected chi connectivity index (χ3v) is 4.98. The van der Waals surface area contributed by atoms with Crippen LogP contribution in [0.3, 0.4) is 0 Å². The van der Waals surface area contributed by atoms with Gasteiger partial charge in [0.05, 0.1) is 0 Å². The van der Waals surface area contributed by atoms with Crippen LogP contribution in [0, 0.1) is 17.8 Å². The fourth-order valence-corrected chi connectivity index (χ4v) is 3.40. The minimum absolute atomic E-state index is 0.0477. The smallest absolute Gasteiger partial charge is 0.303 e.